The second-order valence-corrected chi connectivity index (χ2v) is 6.45. The van der Waals surface area contributed by atoms with E-state index in [0.29, 0.717) is 23.7 Å². The molecule has 19 heavy (non-hydrogen) atoms. The molecule has 3 rings (SSSR count). The molecule has 5 nitrogen and oxygen atoms in total. The topological polar surface area (TPSA) is 79.3 Å². The average Bonchev–Trinajstić information content (AvgIpc) is 2.36. The third-order valence-corrected chi connectivity index (χ3v) is 4.91. The van der Waals surface area contributed by atoms with E-state index in [1.807, 2.05) is 0 Å². The number of aromatic nitrogens is 1. The van der Waals surface area contributed by atoms with Crippen LogP contribution in [0, 0.1) is 0 Å². The summed E-state index contributed by atoms with van der Waals surface area (Å²) < 4.78 is 27.3. The van der Waals surface area contributed by atoms with E-state index in [0.717, 1.165) is 0 Å². The maximum Gasteiger partial charge on any atom is 0.241 e. The van der Waals surface area contributed by atoms with Crippen LogP contribution in [0.25, 0.3) is 10.9 Å². The summed E-state index contributed by atoms with van der Waals surface area (Å²) in [6, 6.07) is 8.32. The van der Waals surface area contributed by atoms with Gasteiger partial charge in [-0.2, -0.15) is 0 Å². The molecule has 0 spiro atoms. The van der Waals surface area contributed by atoms with Crippen LogP contribution < -0.4 is 4.72 Å². The second kappa shape index (κ2) is 4.56. The molecule has 1 saturated carbocycles. The van der Waals surface area contributed by atoms with Crippen molar-refractivity contribution < 1.29 is 13.5 Å². The van der Waals surface area contributed by atoms with Crippen LogP contribution in [0.5, 0.6) is 0 Å². The predicted octanol–water partition coefficient (Wildman–Crippen LogP) is 1.04. The van der Waals surface area contributed by atoms with Gasteiger partial charge in [0.15, 0.2) is 0 Å². The van der Waals surface area contributed by atoms with Gasteiger partial charge in [0.05, 0.1) is 16.5 Å². The van der Waals surface area contributed by atoms with E-state index in [9.17, 15) is 13.5 Å². The van der Waals surface area contributed by atoms with Crippen molar-refractivity contribution in [1.29, 1.82) is 0 Å². The first-order valence-electron chi connectivity index (χ1n) is 6.10. The summed E-state index contributed by atoms with van der Waals surface area (Å²) >= 11 is 0. The Bertz CT molecular complexity index is 703. The molecular weight excluding hydrogens is 264 g/mol. The number of rotatable bonds is 3. The monoisotopic (exact) mass is 278 g/mol. The number of aliphatic hydroxyl groups excluding tert-OH is 1. The number of nitrogens with zero attached hydrogens (tertiary/aromatic N) is 1. The lowest BCUT2D eigenvalue weighted by Crippen LogP contribution is -2.46. The number of pyridine rings is 1. The Labute approximate surface area is 111 Å². The number of hydrogen-bond acceptors (Lipinski definition) is 4. The van der Waals surface area contributed by atoms with E-state index in [4.69, 9.17) is 0 Å². The molecule has 100 valence electrons. The van der Waals surface area contributed by atoms with Crippen molar-refractivity contribution in [3.63, 3.8) is 0 Å². The zero-order valence-electron chi connectivity index (χ0n) is 10.2. The summed E-state index contributed by atoms with van der Waals surface area (Å²) in [5.74, 6) is 0. The van der Waals surface area contributed by atoms with Gasteiger partial charge in [-0.15, -0.1) is 0 Å². The van der Waals surface area contributed by atoms with Gasteiger partial charge in [0.2, 0.25) is 10.0 Å². The number of hydrogen-bond donors (Lipinski definition) is 2. The number of sulfonamides is 1. The van der Waals surface area contributed by atoms with Gasteiger partial charge < -0.3 is 5.11 Å². The fourth-order valence-electron chi connectivity index (χ4n) is 2.28. The lowest BCUT2D eigenvalue weighted by atomic mass is 9.91. The first-order chi connectivity index (χ1) is 9.06. The van der Waals surface area contributed by atoms with E-state index in [2.05, 4.69) is 9.71 Å². The molecule has 1 heterocycles. The normalized spacial score (nSPS) is 23.2. The minimum atomic E-state index is -3.57. The highest BCUT2D eigenvalue weighted by Gasteiger charge is 2.31. The highest BCUT2D eigenvalue weighted by atomic mass is 32.2. The van der Waals surface area contributed by atoms with Crippen LogP contribution in [0.3, 0.4) is 0 Å². The minimum absolute atomic E-state index is 0.174. The van der Waals surface area contributed by atoms with E-state index in [1.165, 1.54) is 0 Å². The van der Waals surface area contributed by atoms with Gasteiger partial charge in [0.1, 0.15) is 0 Å². The van der Waals surface area contributed by atoms with Crippen LogP contribution in [-0.2, 0) is 10.0 Å². The SMILES string of the molecule is O=S(=O)(NC1CC(O)C1)c1cccc2ncccc12. The highest BCUT2D eigenvalue weighted by molar-refractivity contribution is 7.89. The Kier molecular flexibility index (Phi) is 3.00. The number of aliphatic hydroxyl groups is 1. The standard InChI is InChI=1S/C13H14N2O3S/c16-10-7-9(8-10)15-19(17,18)13-5-1-4-12-11(13)3-2-6-14-12/h1-6,9-10,15-16H,7-8H2. The molecule has 1 aliphatic carbocycles. The van der Waals surface area contributed by atoms with Gasteiger partial charge in [0.25, 0.3) is 0 Å². The van der Waals surface area contributed by atoms with Crippen LogP contribution in [0.15, 0.2) is 41.4 Å². The highest BCUT2D eigenvalue weighted by Crippen LogP contribution is 2.25. The summed E-state index contributed by atoms with van der Waals surface area (Å²) in [5, 5.41) is 9.82. The Balaban J connectivity index is 1.99. The lowest BCUT2D eigenvalue weighted by molar-refractivity contribution is 0.0712. The van der Waals surface area contributed by atoms with E-state index in [-0.39, 0.29) is 17.0 Å². The second-order valence-electron chi connectivity index (χ2n) is 4.77. The third-order valence-electron chi connectivity index (χ3n) is 3.33. The first kappa shape index (κ1) is 12.5. The molecule has 1 aromatic carbocycles. The molecule has 0 unspecified atom stereocenters. The largest absolute Gasteiger partial charge is 0.393 e. The Morgan fingerprint density at radius 3 is 2.74 bits per heavy atom. The van der Waals surface area contributed by atoms with Gasteiger partial charge in [0, 0.05) is 17.6 Å². The molecular formula is C13H14N2O3S. The van der Waals surface area contributed by atoms with Crippen molar-refractivity contribution in [2.45, 2.75) is 29.9 Å². The van der Waals surface area contributed by atoms with Crippen molar-refractivity contribution in [3.8, 4) is 0 Å². The molecule has 0 aliphatic heterocycles. The van der Waals surface area contributed by atoms with Gasteiger partial charge in [-0.1, -0.05) is 6.07 Å². The van der Waals surface area contributed by atoms with E-state index in [1.54, 1.807) is 36.5 Å². The molecule has 0 radical (unpaired) electrons. The van der Waals surface area contributed by atoms with Crippen LogP contribution >= 0.6 is 0 Å². The Hall–Kier alpha value is -1.50. The van der Waals surface area contributed by atoms with Crippen molar-refractivity contribution in [2.75, 3.05) is 0 Å². The maximum atomic E-state index is 12.3. The van der Waals surface area contributed by atoms with Gasteiger partial charge in [-0.05, 0) is 37.1 Å². The summed E-state index contributed by atoms with van der Waals surface area (Å²) in [4.78, 5) is 4.38. The Morgan fingerprint density at radius 1 is 1.21 bits per heavy atom. The van der Waals surface area contributed by atoms with Gasteiger partial charge in [-0.3, -0.25) is 4.98 Å². The van der Waals surface area contributed by atoms with Crippen molar-refractivity contribution in [2.24, 2.45) is 0 Å². The summed E-state index contributed by atoms with van der Waals surface area (Å²) in [6.45, 7) is 0. The maximum absolute atomic E-state index is 12.3. The van der Waals surface area contributed by atoms with Gasteiger partial charge >= 0.3 is 0 Å². The molecule has 0 amide bonds. The average molecular weight is 278 g/mol. The molecule has 2 aromatic rings. The molecule has 0 bridgehead atoms. The fraction of sp³-hybridized carbons (Fsp3) is 0.308. The smallest absolute Gasteiger partial charge is 0.241 e. The number of benzene rings is 1. The lowest BCUT2D eigenvalue weighted by Gasteiger charge is -2.31. The summed E-state index contributed by atoms with van der Waals surface area (Å²) in [5.41, 5.74) is 0.652. The van der Waals surface area contributed by atoms with E-state index < -0.39 is 10.0 Å². The van der Waals surface area contributed by atoms with Crippen LogP contribution in [-0.4, -0.2) is 30.7 Å². The van der Waals surface area contributed by atoms with Crippen molar-refractivity contribution in [1.82, 2.24) is 9.71 Å². The summed E-state index contributed by atoms with van der Waals surface area (Å²) in [6.07, 6.45) is 2.20. The van der Waals surface area contributed by atoms with Gasteiger partial charge in [-0.25, -0.2) is 13.1 Å². The van der Waals surface area contributed by atoms with Crippen molar-refractivity contribution >= 4 is 20.9 Å². The molecule has 6 heteroatoms. The van der Waals surface area contributed by atoms with Crippen LogP contribution in [0.1, 0.15) is 12.8 Å². The predicted molar refractivity (Wildman–Crippen MR) is 71.1 cm³/mol. The van der Waals surface area contributed by atoms with E-state index >= 15 is 0 Å². The van der Waals surface area contributed by atoms with Crippen molar-refractivity contribution in [3.05, 3.63) is 36.5 Å². The molecule has 2 N–H and O–H groups in total. The molecule has 1 aromatic heterocycles. The molecule has 0 atom stereocenters. The minimum Gasteiger partial charge on any atom is -0.393 e. The zero-order chi connectivity index (χ0) is 13.5. The fourth-order valence-corrected chi connectivity index (χ4v) is 3.75. The number of fused-ring (bicyclic) bond motifs is 1. The third kappa shape index (κ3) is 2.34. The quantitative estimate of drug-likeness (QED) is 0.879. The Morgan fingerprint density at radius 2 is 2.00 bits per heavy atom. The van der Waals surface area contributed by atoms with Crippen LogP contribution in [0.4, 0.5) is 0 Å². The molecule has 1 fully saturated rings. The molecule has 1 aliphatic rings. The molecule has 0 saturated heterocycles. The summed E-state index contributed by atoms with van der Waals surface area (Å²) in [7, 11) is -3.57. The zero-order valence-corrected chi connectivity index (χ0v) is 11.0. The van der Waals surface area contributed by atoms with Crippen LogP contribution in [0.2, 0.25) is 0 Å². The first-order valence-corrected chi connectivity index (χ1v) is 7.59. The number of nitrogens with one attached hydrogen (secondary N) is 1.